The first-order valence-corrected chi connectivity index (χ1v) is 19.8. The molecule has 0 aliphatic heterocycles. The number of pyridine rings is 1. The first-order valence-electron chi connectivity index (χ1n) is 19.8. The Morgan fingerprint density at radius 1 is 0.375 bits per heavy atom. The second-order valence-corrected chi connectivity index (χ2v) is 15.0. The van der Waals surface area contributed by atoms with Crippen molar-refractivity contribution in [2.45, 2.75) is 0 Å². The van der Waals surface area contributed by atoms with Gasteiger partial charge in [0.05, 0.1) is 115 Å². The Labute approximate surface area is 365 Å². The number of hydrogen-bond donors (Lipinski definition) is 0. The molecule has 7 aromatic carbocycles. The predicted octanol–water partition coefficient (Wildman–Crippen LogP) is 11.4. The summed E-state index contributed by atoms with van der Waals surface area (Å²) in [4.78, 5) is 4.89. The van der Waals surface area contributed by atoms with Crippen molar-refractivity contribution in [3.05, 3.63) is 185 Å². The van der Waals surface area contributed by atoms with Gasteiger partial charge in [-0.1, -0.05) is 48.5 Å². The maximum atomic E-state index is 10.2. The summed E-state index contributed by atoms with van der Waals surface area (Å²) in [7, 11) is 0. The van der Waals surface area contributed by atoms with Crippen molar-refractivity contribution < 1.29 is 0 Å². The Morgan fingerprint density at radius 2 is 0.844 bits per heavy atom. The molecule has 3 aromatic heterocycles. The highest BCUT2D eigenvalue weighted by molar-refractivity contribution is 6.12. The molecule has 10 aromatic rings. The van der Waals surface area contributed by atoms with Gasteiger partial charge >= 0.3 is 0 Å². The van der Waals surface area contributed by atoms with Gasteiger partial charge in [0.1, 0.15) is 0 Å². The van der Waals surface area contributed by atoms with E-state index in [1.165, 1.54) is 24.3 Å². The van der Waals surface area contributed by atoms with E-state index in [1.54, 1.807) is 12.3 Å². The van der Waals surface area contributed by atoms with Gasteiger partial charge < -0.3 is 9.13 Å². The third-order valence-corrected chi connectivity index (χ3v) is 11.6. The molecule has 0 bridgehead atoms. The fourth-order valence-electron chi connectivity index (χ4n) is 8.89. The minimum absolute atomic E-state index is 0.232. The maximum Gasteiger partial charge on any atom is 0.0999 e. The zero-order chi connectivity index (χ0) is 44.1. The summed E-state index contributed by atoms with van der Waals surface area (Å²) >= 11 is 0. The predicted molar refractivity (Wildman–Crippen MR) is 242 cm³/mol. The van der Waals surface area contributed by atoms with Crippen LogP contribution in [-0.2, 0) is 0 Å². The van der Waals surface area contributed by atoms with Gasteiger partial charge in [-0.05, 0) is 102 Å². The monoisotopic (exact) mass is 812 g/mol. The number of aromatic nitrogens is 3. The number of para-hydroxylation sites is 2. The van der Waals surface area contributed by atoms with Crippen molar-refractivity contribution >= 4 is 43.6 Å². The molecule has 0 spiro atoms. The largest absolute Gasteiger partial charge is 0.309 e. The van der Waals surface area contributed by atoms with Crippen LogP contribution in [0, 0.1) is 79.3 Å². The number of nitriles is 7. The van der Waals surface area contributed by atoms with E-state index < -0.39 is 0 Å². The Kier molecular flexibility index (Phi) is 8.94. The SMILES string of the molecule is N#Cc1cc(C#N)c(-c2ccc3c(c2)c2ccccc2n3-c2ccnc(-c3cc(C#N)ccc3-n3c4ccccc4c4cc(-c5c(C#N)cc(C#N)cc5C#N)ccc43)c2)c(C#N)c1. The molecule has 0 unspecified atom stereocenters. The fourth-order valence-corrected chi connectivity index (χ4v) is 8.89. The number of fused-ring (bicyclic) bond motifs is 6. The van der Waals surface area contributed by atoms with Gasteiger partial charge in [-0.3, -0.25) is 4.98 Å². The van der Waals surface area contributed by atoms with E-state index in [2.05, 4.69) is 39.5 Å². The van der Waals surface area contributed by atoms with Crippen molar-refractivity contribution in [3.8, 4) is 87.4 Å². The molecule has 10 rings (SSSR count). The van der Waals surface area contributed by atoms with Crippen LogP contribution in [0.3, 0.4) is 0 Å². The highest BCUT2D eigenvalue weighted by Crippen LogP contribution is 2.41. The molecule has 10 heteroatoms. The van der Waals surface area contributed by atoms with Crippen molar-refractivity contribution in [1.29, 1.82) is 36.8 Å². The molecule has 10 nitrogen and oxygen atoms in total. The number of benzene rings is 7. The Bertz CT molecular complexity index is 3930. The van der Waals surface area contributed by atoms with Crippen LogP contribution in [-0.4, -0.2) is 14.1 Å². The molecule has 0 fully saturated rings. The van der Waals surface area contributed by atoms with Crippen molar-refractivity contribution in [3.63, 3.8) is 0 Å². The molecule has 0 aliphatic carbocycles. The lowest BCUT2D eigenvalue weighted by molar-refractivity contribution is 1.14. The maximum absolute atomic E-state index is 10.2. The number of hydrogen-bond acceptors (Lipinski definition) is 8. The van der Waals surface area contributed by atoms with E-state index in [0.717, 1.165) is 55.0 Å². The zero-order valence-electron chi connectivity index (χ0n) is 33.3. The summed E-state index contributed by atoms with van der Waals surface area (Å²) in [5.74, 6) is 0. The Hall–Kier alpha value is -10.3. The van der Waals surface area contributed by atoms with Gasteiger partial charge in [-0.2, -0.15) is 36.8 Å². The molecule has 64 heavy (non-hydrogen) atoms. The van der Waals surface area contributed by atoms with Gasteiger partial charge in [0.15, 0.2) is 0 Å². The van der Waals surface area contributed by atoms with Crippen LogP contribution >= 0.6 is 0 Å². The summed E-state index contributed by atoms with van der Waals surface area (Å²) in [6, 6.07) is 58.1. The van der Waals surface area contributed by atoms with Gasteiger partial charge in [0, 0.05) is 50.1 Å². The quantitative estimate of drug-likeness (QED) is 0.164. The molecule has 0 saturated heterocycles. The van der Waals surface area contributed by atoms with Crippen molar-refractivity contribution in [2.24, 2.45) is 0 Å². The third kappa shape index (κ3) is 5.86. The molecule has 3 heterocycles. The first-order chi connectivity index (χ1) is 31.4. The Morgan fingerprint density at radius 3 is 1.34 bits per heavy atom. The second-order valence-electron chi connectivity index (χ2n) is 15.0. The van der Waals surface area contributed by atoms with Crippen LogP contribution in [0.25, 0.3) is 88.5 Å². The Balaban J connectivity index is 1.16. The topological polar surface area (TPSA) is 189 Å². The molecule has 0 N–H and O–H groups in total. The molecule has 0 atom stereocenters. The van der Waals surface area contributed by atoms with E-state index in [9.17, 15) is 36.8 Å². The summed E-state index contributed by atoms with van der Waals surface area (Å²) in [5, 5.41) is 73.3. The van der Waals surface area contributed by atoms with Crippen LogP contribution in [0.4, 0.5) is 0 Å². The van der Waals surface area contributed by atoms with E-state index in [1.807, 2.05) is 121 Å². The molecular formula is C54H24N10. The lowest BCUT2D eigenvalue weighted by Gasteiger charge is -2.16. The molecule has 0 saturated carbocycles. The molecule has 0 radical (unpaired) electrons. The zero-order valence-corrected chi connectivity index (χ0v) is 33.3. The van der Waals surface area contributed by atoms with Crippen LogP contribution in [0.1, 0.15) is 38.9 Å². The third-order valence-electron chi connectivity index (χ3n) is 11.6. The molecule has 0 aliphatic rings. The van der Waals surface area contributed by atoms with Gasteiger partial charge in [-0.25, -0.2) is 0 Å². The summed E-state index contributed by atoms with van der Waals surface area (Å²) < 4.78 is 4.27. The highest BCUT2D eigenvalue weighted by Gasteiger charge is 2.22. The second kappa shape index (κ2) is 15.1. The molecule has 0 amide bonds. The molecular weight excluding hydrogens is 789 g/mol. The smallest absolute Gasteiger partial charge is 0.0999 e. The van der Waals surface area contributed by atoms with E-state index in [-0.39, 0.29) is 33.4 Å². The van der Waals surface area contributed by atoms with Crippen LogP contribution in [0.15, 0.2) is 146 Å². The average Bonchev–Trinajstić information content (AvgIpc) is 3.87. The number of nitrogens with zero attached hydrogens (tertiary/aromatic N) is 10. The summed E-state index contributed by atoms with van der Waals surface area (Å²) in [6.45, 7) is 0. The average molecular weight is 813 g/mol. The van der Waals surface area contributed by atoms with Crippen molar-refractivity contribution in [1.82, 2.24) is 14.1 Å². The van der Waals surface area contributed by atoms with Crippen LogP contribution in [0.2, 0.25) is 0 Å². The van der Waals surface area contributed by atoms with Crippen molar-refractivity contribution in [2.75, 3.05) is 0 Å². The minimum atomic E-state index is 0.232. The normalized spacial score (nSPS) is 10.7. The van der Waals surface area contributed by atoms with Gasteiger partial charge in [0.2, 0.25) is 0 Å². The minimum Gasteiger partial charge on any atom is -0.309 e. The van der Waals surface area contributed by atoms with E-state index in [4.69, 9.17) is 4.98 Å². The fraction of sp³-hybridized carbons (Fsp3) is 0. The van der Waals surface area contributed by atoms with Crippen LogP contribution in [0.5, 0.6) is 0 Å². The van der Waals surface area contributed by atoms with Gasteiger partial charge in [0.25, 0.3) is 0 Å². The van der Waals surface area contributed by atoms with Crippen LogP contribution < -0.4 is 0 Å². The summed E-state index contributed by atoms with van der Waals surface area (Å²) in [5.41, 5.74) is 10.5. The highest BCUT2D eigenvalue weighted by atomic mass is 15.0. The lowest BCUT2D eigenvalue weighted by Crippen LogP contribution is -2.01. The summed E-state index contributed by atoms with van der Waals surface area (Å²) in [6.07, 6.45) is 1.74. The van der Waals surface area contributed by atoms with E-state index in [0.29, 0.717) is 39.1 Å². The standard InChI is InChI=1S/C54H24N10/c55-25-32-9-12-52(64-49-8-4-2-6-43(49)45-23-36(11-14-51(45)64)54-39(30-60)19-34(27-57)20-40(54)31-61)46(21-32)47-24-41(15-16-62-47)63-48-7-3-1-5-42(48)44-22-35(10-13-50(44)63)53-37(28-58)17-33(26-56)18-38(53)29-59/h1-24H. The first kappa shape index (κ1) is 38.0. The molecule has 290 valence electrons. The van der Waals surface area contributed by atoms with Gasteiger partial charge in [-0.15, -0.1) is 0 Å². The lowest BCUT2D eigenvalue weighted by atomic mass is 9.92. The van der Waals surface area contributed by atoms with E-state index >= 15 is 0 Å². The number of rotatable bonds is 5.